The first-order valence-electron chi connectivity index (χ1n) is 12.9. The molecule has 2 unspecified atom stereocenters. The molecule has 7 rings (SSSR count). The van der Waals surface area contributed by atoms with Gasteiger partial charge in [0.15, 0.2) is 5.82 Å². The zero-order valence-corrected chi connectivity index (χ0v) is 20.5. The second-order valence-electron chi connectivity index (χ2n) is 10.6. The lowest BCUT2D eigenvalue weighted by molar-refractivity contribution is 0.254. The van der Waals surface area contributed by atoms with Gasteiger partial charge in [0.2, 0.25) is 0 Å². The second-order valence-corrected chi connectivity index (χ2v) is 10.6. The first kappa shape index (κ1) is 21.7. The molecule has 0 bridgehead atoms. The minimum Gasteiger partial charge on any atom is -0.497 e. The van der Waals surface area contributed by atoms with Crippen molar-refractivity contribution in [3.05, 3.63) is 42.4 Å². The summed E-state index contributed by atoms with van der Waals surface area (Å²) >= 11 is 0. The molecule has 3 fully saturated rings. The van der Waals surface area contributed by atoms with Gasteiger partial charge in [0.25, 0.3) is 0 Å². The molecule has 2 saturated carbocycles. The largest absolute Gasteiger partial charge is 0.497 e. The number of nitrogens with one attached hydrogen (secondary N) is 2. The van der Waals surface area contributed by atoms with Crippen LogP contribution >= 0.6 is 0 Å². The van der Waals surface area contributed by atoms with Crippen LogP contribution in [0.15, 0.2) is 36.7 Å². The van der Waals surface area contributed by atoms with E-state index in [-0.39, 0.29) is 0 Å². The number of piperidine rings is 1. The molecule has 10 heteroatoms. The minimum atomic E-state index is 0.507. The van der Waals surface area contributed by atoms with Crippen LogP contribution in [0.3, 0.4) is 0 Å². The third-order valence-corrected chi connectivity index (χ3v) is 8.33. The molecule has 2 aliphatic carbocycles. The number of fused-ring (bicyclic) bond motifs is 1. The van der Waals surface area contributed by atoms with E-state index in [1.807, 2.05) is 24.4 Å². The average molecular weight is 486 g/mol. The molecule has 3 aliphatic rings. The van der Waals surface area contributed by atoms with Crippen molar-refractivity contribution in [3.8, 4) is 17.0 Å². The fourth-order valence-corrected chi connectivity index (χ4v) is 6.00. The quantitative estimate of drug-likeness (QED) is 0.411. The van der Waals surface area contributed by atoms with Gasteiger partial charge in [0.1, 0.15) is 11.4 Å². The van der Waals surface area contributed by atoms with Crippen molar-refractivity contribution in [3.63, 3.8) is 0 Å². The smallest absolute Gasteiger partial charge is 0.151 e. The lowest BCUT2D eigenvalue weighted by Crippen LogP contribution is -2.48. The van der Waals surface area contributed by atoms with Gasteiger partial charge in [0, 0.05) is 42.2 Å². The zero-order valence-electron chi connectivity index (χ0n) is 20.5. The van der Waals surface area contributed by atoms with Gasteiger partial charge in [-0.3, -0.25) is 5.10 Å². The highest BCUT2D eigenvalue weighted by Crippen LogP contribution is 2.60. The lowest BCUT2D eigenvalue weighted by Gasteiger charge is -2.35. The molecule has 3 aromatic heterocycles. The summed E-state index contributed by atoms with van der Waals surface area (Å²) in [5, 5.41) is 29.9. The summed E-state index contributed by atoms with van der Waals surface area (Å²) in [4.78, 5) is 2.38. The molecular formula is C26H31N9O. The first-order chi connectivity index (χ1) is 17.7. The number of aromatic amines is 1. The number of hydrogen-bond donors (Lipinski definition) is 2. The van der Waals surface area contributed by atoms with E-state index < -0.39 is 0 Å². The highest BCUT2D eigenvalue weighted by atomic mass is 16.5. The molecule has 1 saturated heterocycles. The third kappa shape index (κ3) is 3.89. The first-order valence-corrected chi connectivity index (χ1v) is 12.9. The Balaban J connectivity index is 1.01. The summed E-state index contributed by atoms with van der Waals surface area (Å²) in [6, 6.07) is 9.31. The Bertz CT molecular complexity index is 1370. The van der Waals surface area contributed by atoms with Gasteiger partial charge in [-0.05, 0) is 55.7 Å². The average Bonchev–Trinajstić information content (AvgIpc) is 3.19. The van der Waals surface area contributed by atoms with Crippen LogP contribution in [0.2, 0.25) is 0 Å². The van der Waals surface area contributed by atoms with Crippen molar-refractivity contribution in [2.75, 3.05) is 25.1 Å². The van der Waals surface area contributed by atoms with Crippen LogP contribution in [0.1, 0.15) is 44.2 Å². The number of hydrogen-bond acceptors (Lipinski definition) is 8. The number of anilines is 1. The number of H-pyrrole nitrogens is 1. The van der Waals surface area contributed by atoms with Gasteiger partial charge >= 0.3 is 0 Å². The molecule has 4 heterocycles. The summed E-state index contributed by atoms with van der Waals surface area (Å²) in [7, 11) is 1.65. The van der Waals surface area contributed by atoms with Crippen molar-refractivity contribution in [2.45, 2.75) is 57.2 Å². The predicted molar refractivity (Wildman–Crippen MR) is 136 cm³/mol. The fourth-order valence-electron chi connectivity index (χ4n) is 6.00. The zero-order chi connectivity index (χ0) is 24.1. The maximum Gasteiger partial charge on any atom is 0.151 e. The van der Waals surface area contributed by atoms with E-state index in [0.29, 0.717) is 18.0 Å². The van der Waals surface area contributed by atoms with Gasteiger partial charge in [-0.15, -0.1) is 10.2 Å². The molecule has 36 heavy (non-hydrogen) atoms. The van der Waals surface area contributed by atoms with E-state index in [9.17, 15) is 0 Å². The van der Waals surface area contributed by atoms with Crippen LogP contribution in [0.4, 0.5) is 5.82 Å². The SMILES string of the molecule is COc1cc(-c2cn(Cc3ccc(N4CCCC(NC5CC56CCC6)C4)nn3)nn2)c2cn[nH]c2c1. The van der Waals surface area contributed by atoms with Crippen molar-refractivity contribution >= 4 is 16.7 Å². The van der Waals surface area contributed by atoms with Gasteiger partial charge in [0.05, 0.1) is 37.3 Å². The number of benzene rings is 1. The monoisotopic (exact) mass is 485 g/mol. The molecule has 0 radical (unpaired) electrons. The number of ether oxygens (including phenoxy) is 1. The molecule has 10 nitrogen and oxygen atoms in total. The van der Waals surface area contributed by atoms with Crippen LogP contribution in [-0.2, 0) is 6.54 Å². The Morgan fingerprint density at radius 1 is 1.17 bits per heavy atom. The molecular weight excluding hydrogens is 454 g/mol. The van der Waals surface area contributed by atoms with Crippen LogP contribution in [0.25, 0.3) is 22.2 Å². The highest BCUT2D eigenvalue weighted by molar-refractivity contribution is 5.94. The lowest BCUT2D eigenvalue weighted by atomic mass is 9.81. The molecule has 4 aromatic rings. The molecule has 2 N–H and O–H groups in total. The highest BCUT2D eigenvalue weighted by Gasteiger charge is 2.57. The van der Waals surface area contributed by atoms with E-state index in [0.717, 1.165) is 58.6 Å². The number of methoxy groups -OCH3 is 1. The van der Waals surface area contributed by atoms with E-state index in [1.165, 1.54) is 38.5 Å². The Morgan fingerprint density at radius 3 is 2.89 bits per heavy atom. The standard InChI is InChI=1S/C26H31N9O/c1-36-19-10-20(21-13-27-30-22(21)11-19)23-16-35(33-31-23)15-18-5-6-25(32-29-18)34-9-2-4-17(14-34)28-24-12-26(24)7-3-8-26/h5-6,10-11,13,16-17,24,28H,2-4,7-9,12,14-15H2,1H3,(H,27,30). The van der Waals surface area contributed by atoms with Gasteiger partial charge in [-0.25, -0.2) is 4.68 Å². The third-order valence-electron chi connectivity index (χ3n) is 8.33. The molecule has 2 atom stereocenters. The number of rotatable bonds is 7. The molecule has 1 spiro atoms. The summed E-state index contributed by atoms with van der Waals surface area (Å²) in [5.74, 6) is 1.70. The molecule has 0 amide bonds. The number of aromatic nitrogens is 7. The Kier molecular flexibility index (Phi) is 5.16. The minimum absolute atomic E-state index is 0.507. The topological polar surface area (TPSA) is 110 Å². The van der Waals surface area contributed by atoms with Gasteiger partial charge < -0.3 is 15.0 Å². The summed E-state index contributed by atoms with van der Waals surface area (Å²) in [6.45, 7) is 2.56. The molecule has 186 valence electrons. The van der Waals surface area contributed by atoms with Crippen LogP contribution < -0.4 is 15.0 Å². The fraction of sp³-hybridized carbons (Fsp3) is 0.500. The van der Waals surface area contributed by atoms with Crippen molar-refractivity contribution in [1.82, 2.24) is 40.7 Å². The van der Waals surface area contributed by atoms with E-state index in [1.54, 1.807) is 18.0 Å². The maximum absolute atomic E-state index is 5.43. The van der Waals surface area contributed by atoms with Gasteiger partial charge in [-0.2, -0.15) is 10.2 Å². The van der Waals surface area contributed by atoms with Crippen LogP contribution in [-0.4, -0.2) is 67.7 Å². The summed E-state index contributed by atoms with van der Waals surface area (Å²) < 4.78 is 7.22. The van der Waals surface area contributed by atoms with Crippen molar-refractivity contribution in [2.24, 2.45) is 5.41 Å². The Labute approximate surface area is 209 Å². The molecule has 1 aromatic carbocycles. The normalized spacial score (nSPS) is 22.6. The maximum atomic E-state index is 5.43. The van der Waals surface area contributed by atoms with Gasteiger partial charge in [-0.1, -0.05) is 11.6 Å². The summed E-state index contributed by atoms with van der Waals surface area (Å²) in [5.41, 5.74) is 4.10. The van der Waals surface area contributed by atoms with Crippen molar-refractivity contribution in [1.29, 1.82) is 0 Å². The van der Waals surface area contributed by atoms with E-state index >= 15 is 0 Å². The number of nitrogens with zero attached hydrogens (tertiary/aromatic N) is 7. The Morgan fingerprint density at radius 2 is 2.11 bits per heavy atom. The summed E-state index contributed by atoms with van der Waals surface area (Å²) in [6.07, 6.45) is 11.8. The van der Waals surface area contributed by atoms with Crippen LogP contribution in [0.5, 0.6) is 5.75 Å². The molecule has 1 aliphatic heterocycles. The van der Waals surface area contributed by atoms with Crippen LogP contribution in [0, 0.1) is 5.41 Å². The van der Waals surface area contributed by atoms with E-state index in [2.05, 4.69) is 47.0 Å². The van der Waals surface area contributed by atoms with E-state index in [4.69, 9.17) is 4.74 Å². The Hall–Kier alpha value is -3.53. The predicted octanol–water partition coefficient (Wildman–Crippen LogP) is 3.17. The second kappa shape index (κ2) is 8.55. The van der Waals surface area contributed by atoms with Crippen molar-refractivity contribution < 1.29 is 4.74 Å².